The third-order valence-electron chi connectivity index (χ3n) is 10.7. The third kappa shape index (κ3) is 8.44. The zero-order valence-electron chi connectivity index (χ0n) is 28.7. The number of benzene rings is 2. The first-order valence-corrected chi connectivity index (χ1v) is 18.0. The lowest BCUT2D eigenvalue weighted by molar-refractivity contribution is -0.137. The molecule has 2 aromatic rings. The van der Waals surface area contributed by atoms with Crippen molar-refractivity contribution in [1.29, 1.82) is 0 Å². The Morgan fingerprint density at radius 1 is 0.904 bits per heavy atom. The zero-order chi connectivity index (χ0) is 37.2. The first kappa shape index (κ1) is 37.3. The van der Waals surface area contributed by atoms with Crippen LogP contribution in [-0.2, 0) is 23.8 Å². The Morgan fingerprint density at radius 2 is 1.54 bits per heavy atom. The molecule has 0 saturated carbocycles. The zero-order valence-corrected chi connectivity index (χ0v) is 29.5. The van der Waals surface area contributed by atoms with Crippen LogP contribution in [0.2, 0.25) is 5.02 Å². The van der Waals surface area contributed by atoms with Gasteiger partial charge in [0.1, 0.15) is 6.04 Å². The van der Waals surface area contributed by atoms with E-state index >= 15 is 0 Å². The number of fused-ring (bicyclic) bond motifs is 1. The number of likely N-dealkylation sites (tertiary alicyclic amines) is 2. The number of hydrogen-bond donors (Lipinski definition) is 4. The van der Waals surface area contributed by atoms with Gasteiger partial charge in [-0.3, -0.25) is 9.69 Å². The monoisotopic (exact) mass is 748 g/mol. The molecule has 1 atom stereocenters. The van der Waals surface area contributed by atoms with Crippen molar-refractivity contribution in [3.8, 4) is 0 Å². The number of anilines is 2. The van der Waals surface area contributed by atoms with Crippen LogP contribution in [0.25, 0.3) is 0 Å². The molecule has 0 spiro atoms. The predicted molar refractivity (Wildman–Crippen MR) is 188 cm³/mol. The van der Waals surface area contributed by atoms with Crippen LogP contribution >= 0.6 is 11.6 Å². The number of piperazine rings is 1. The van der Waals surface area contributed by atoms with Crippen LogP contribution in [0.1, 0.15) is 42.4 Å². The van der Waals surface area contributed by atoms with E-state index in [9.17, 15) is 37.5 Å². The van der Waals surface area contributed by atoms with Gasteiger partial charge < -0.3 is 41.1 Å². The van der Waals surface area contributed by atoms with Crippen molar-refractivity contribution >= 4 is 47.0 Å². The average molecular weight is 749 g/mol. The highest BCUT2D eigenvalue weighted by Crippen LogP contribution is 2.38. The molecule has 5 N–H and O–H groups in total. The molecule has 1 unspecified atom stereocenters. The Labute approximate surface area is 304 Å². The molecule has 4 heterocycles. The topological polar surface area (TPSA) is 155 Å². The van der Waals surface area contributed by atoms with Crippen LogP contribution in [0.3, 0.4) is 0 Å². The largest absolute Gasteiger partial charge is 0.465 e. The van der Waals surface area contributed by atoms with Gasteiger partial charge in [-0.05, 0) is 61.4 Å². The second-order valence-electron chi connectivity index (χ2n) is 13.9. The van der Waals surface area contributed by atoms with E-state index < -0.39 is 41.5 Å². The summed E-state index contributed by atoms with van der Waals surface area (Å²) in [4.78, 5) is 60.7. The van der Waals surface area contributed by atoms with Crippen LogP contribution in [0, 0.1) is 0 Å². The van der Waals surface area contributed by atoms with Gasteiger partial charge in [0, 0.05) is 83.1 Å². The highest BCUT2D eigenvalue weighted by atomic mass is 35.5. The van der Waals surface area contributed by atoms with E-state index in [0.29, 0.717) is 91.0 Å². The number of piperidine rings is 2. The van der Waals surface area contributed by atoms with Crippen molar-refractivity contribution < 1.29 is 37.5 Å². The third-order valence-corrected chi connectivity index (χ3v) is 11.1. The fraction of sp³-hybridized carbons (Fsp3) is 0.543. The second kappa shape index (κ2) is 15.7. The number of urea groups is 2. The van der Waals surface area contributed by atoms with Crippen molar-refractivity contribution in [1.82, 2.24) is 29.8 Å². The second-order valence-corrected chi connectivity index (χ2v) is 14.3. The van der Waals surface area contributed by atoms with Gasteiger partial charge in [-0.1, -0.05) is 29.8 Å². The molecule has 0 bridgehead atoms. The first-order chi connectivity index (χ1) is 24.8. The van der Waals surface area contributed by atoms with Gasteiger partial charge in [0.05, 0.1) is 16.3 Å². The van der Waals surface area contributed by atoms with Crippen molar-refractivity contribution in [2.45, 2.75) is 62.8 Å². The molecular weight excluding hydrogens is 705 g/mol. The molecule has 3 fully saturated rings. The summed E-state index contributed by atoms with van der Waals surface area (Å²) in [6, 6.07) is 7.98. The number of hydrogen-bond acceptors (Lipinski definition) is 6. The lowest BCUT2D eigenvalue weighted by Crippen LogP contribution is -2.58. The summed E-state index contributed by atoms with van der Waals surface area (Å²) in [7, 11) is 0. The molecule has 4 aliphatic rings. The number of nitrogens with zero attached hydrogens (tertiary/aromatic N) is 5. The van der Waals surface area contributed by atoms with Crippen LogP contribution in [-0.4, -0.2) is 131 Å². The van der Waals surface area contributed by atoms with E-state index in [1.807, 2.05) is 24.3 Å². The van der Waals surface area contributed by atoms with Crippen molar-refractivity contribution in [2.75, 3.05) is 70.0 Å². The molecule has 4 aliphatic heterocycles. The van der Waals surface area contributed by atoms with Crippen molar-refractivity contribution in [2.24, 2.45) is 0 Å². The number of carbonyl (C=O) groups excluding carboxylic acids is 3. The summed E-state index contributed by atoms with van der Waals surface area (Å²) in [5.41, 5.74) is 5.88. The lowest BCUT2D eigenvalue weighted by atomic mass is 9.98. The van der Waals surface area contributed by atoms with Gasteiger partial charge in [0.2, 0.25) is 5.91 Å². The number of carbonyl (C=O) groups is 4. The van der Waals surface area contributed by atoms with Crippen LogP contribution in [0.15, 0.2) is 36.4 Å². The van der Waals surface area contributed by atoms with Gasteiger partial charge in [0.25, 0.3) is 0 Å². The molecule has 6 rings (SSSR count). The van der Waals surface area contributed by atoms with E-state index in [0.717, 1.165) is 17.3 Å². The minimum Gasteiger partial charge on any atom is -0.465 e. The van der Waals surface area contributed by atoms with E-state index in [1.54, 1.807) is 14.7 Å². The highest BCUT2D eigenvalue weighted by molar-refractivity contribution is 6.33. The number of nitrogens with two attached hydrogens (primary N) is 1. The van der Waals surface area contributed by atoms with Crippen LogP contribution in [0.5, 0.6) is 0 Å². The lowest BCUT2D eigenvalue weighted by Gasteiger charge is -2.43. The molecule has 282 valence electrons. The molecule has 0 radical (unpaired) electrons. The number of rotatable bonds is 6. The normalized spacial score (nSPS) is 20.2. The van der Waals surface area contributed by atoms with Crippen molar-refractivity contribution in [3.05, 3.63) is 58.1 Å². The highest BCUT2D eigenvalue weighted by Gasteiger charge is 2.38. The smallest absolute Gasteiger partial charge is 0.418 e. The molecule has 52 heavy (non-hydrogen) atoms. The van der Waals surface area contributed by atoms with Gasteiger partial charge >= 0.3 is 24.3 Å². The Morgan fingerprint density at radius 3 is 2.19 bits per heavy atom. The average Bonchev–Trinajstić information content (AvgIpc) is 3.30. The van der Waals surface area contributed by atoms with Gasteiger partial charge in [-0.2, -0.15) is 13.2 Å². The van der Waals surface area contributed by atoms with E-state index in [1.165, 1.54) is 11.0 Å². The van der Waals surface area contributed by atoms with Crippen LogP contribution in [0.4, 0.5) is 38.9 Å². The van der Waals surface area contributed by atoms with Gasteiger partial charge in [0.15, 0.2) is 0 Å². The van der Waals surface area contributed by atoms with E-state index in [-0.39, 0.29) is 35.1 Å². The van der Waals surface area contributed by atoms with E-state index in [2.05, 4.69) is 15.5 Å². The summed E-state index contributed by atoms with van der Waals surface area (Å²) < 4.78 is 41.5. The fourth-order valence-electron chi connectivity index (χ4n) is 7.77. The Bertz CT molecular complexity index is 1660. The number of carboxylic acid groups (broad SMARTS) is 1. The minimum atomic E-state index is -4.78. The summed E-state index contributed by atoms with van der Waals surface area (Å²) in [6.45, 7) is 3.92. The number of para-hydroxylation sites is 1. The number of amides is 6. The minimum absolute atomic E-state index is 0.0955. The summed E-state index contributed by atoms with van der Waals surface area (Å²) >= 11 is 6.12. The standard InChI is InChI=1S/C35H44ClF3N8O5/c36-27-20-22(19-26(30(27)40)35(37,38)39)21-29(31(48)44-10-6-24(7-11-44)43-15-17-46(18-16-43)34(51)52)42-32(49)45-12-8-25(9-13-45)47-14-5-23-3-1-2-4-28(23)41-33(47)50/h1-4,19-20,24-25,29H,5-18,21,40H2,(H,41,50)(H,42,49)(H,51,52). The number of halogens is 4. The Hall–Kier alpha value is -4.44. The molecule has 0 aromatic heterocycles. The summed E-state index contributed by atoms with van der Waals surface area (Å²) in [6.07, 6.45) is -2.96. The number of alkyl halides is 3. The predicted octanol–water partition coefficient (Wildman–Crippen LogP) is 4.40. The maximum atomic E-state index is 14.1. The Balaban J connectivity index is 1.11. The maximum absolute atomic E-state index is 14.1. The number of nitrogen functional groups attached to an aromatic ring is 1. The molecule has 0 aliphatic carbocycles. The van der Waals surface area contributed by atoms with E-state index in [4.69, 9.17) is 17.3 Å². The summed E-state index contributed by atoms with van der Waals surface area (Å²) in [5, 5.41) is 14.8. The molecule has 17 heteroatoms. The van der Waals surface area contributed by atoms with Gasteiger partial charge in [-0.25, -0.2) is 14.4 Å². The summed E-state index contributed by atoms with van der Waals surface area (Å²) in [5.74, 6) is -0.417. The molecule has 6 amide bonds. The maximum Gasteiger partial charge on any atom is 0.418 e. The van der Waals surface area contributed by atoms with Crippen molar-refractivity contribution in [3.63, 3.8) is 0 Å². The van der Waals surface area contributed by atoms with Gasteiger partial charge in [-0.15, -0.1) is 0 Å². The molecule has 3 saturated heterocycles. The number of nitrogens with one attached hydrogen (secondary N) is 2. The molecule has 13 nitrogen and oxygen atoms in total. The fourth-order valence-corrected chi connectivity index (χ4v) is 8.01. The molecule has 2 aromatic carbocycles. The SMILES string of the molecule is Nc1c(Cl)cc(CC(NC(=O)N2CCC(N3CCc4ccccc4NC3=O)CC2)C(=O)N2CCC(N3CCN(C(=O)O)CC3)CC2)cc1C(F)(F)F. The Kier molecular flexibility index (Phi) is 11.2. The molecular formula is C35H44ClF3N8O5. The quantitative estimate of drug-likeness (QED) is 0.320. The first-order valence-electron chi connectivity index (χ1n) is 17.6. The van der Waals surface area contributed by atoms with Crippen LogP contribution < -0.4 is 16.4 Å².